The number of carbonyl (C=O) groups excluding carboxylic acids is 1. The van der Waals surface area contributed by atoms with E-state index >= 15 is 0 Å². The highest BCUT2D eigenvalue weighted by Crippen LogP contribution is 2.20. The van der Waals surface area contributed by atoms with Gasteiger partial charge in [-0.05, 0) is 42.3 Å². The molecule has 0 bridgehead atoms. The van der Waals surface area contributed by atoms with Crippen molar-refractivity contribution in [2.75, 3.05) is 6.54 Å². The first-order valence-electron chi connectivity index (χ1n) is 8.67. The van der Waals surface area contributed by atoms with E-state index in [0.717, 1.165) is 11.1 Å². The van der Waals surface area contributed by atoms with Crippen LogP contribution in [0.4, 0.5) is 0 Å². The molecule has 5 nitrogen and oxygen atoms in total. The van der Waals surface area contributed by atoms with Crippen LogP contribution in [-0.2, 0) is 6.54 Å². The minimum atomic E-state index is -0.0856. The third kappa shape index (κ3) is 4.79. The fourth-order valence-corrected chi connectivity index (χ4v) is 2.69. The van der Waals surface area contributed by atoms with Crippen molar-refractivity contribution in [2.24, 2.45) is 0 Å². The van der Waals surface area contributed by atoms with Gasteiger partial charge >= 0.3 is 6.01 Å². The second-order valence-electron chi connectivity index (χ2n) is 6.06. The molecule has 0 fully saturated rings. The molecule has 5 heteroatoms. The van der Waals surface area contributed by atoms with E-state index in [1.165, 1.54) is 0 Å². The lowest BCUT2D eigenvalue weighted by molar-refractivity contribution is 0.0762. The molecule has 1 amide bonds. The smallest absolute Gasteiger partial charge is 0.321 e. The van der Waals surface area contributed by atoms with Crippen LogP contribution >= 0.6 is 0 Å². The second kappa shape index (κ2) is 8.76. The van der Waals surface area contributed by atoms with Crippen LogP contribution in [0.2, 0.25) is 0 Å². The van der Waals surface area contributed by atoms with Gasteiger partial charge in [0.15, 0.2) is 0 Å². The van der Waals surface area contributed by atoms with Gasteiger partial charge in [0, 0.05) is 31.0 Å². The zero-order valence-electron chi connectivity index (χ0n) is 15.2. The first-order chi connectivity index (χ1) is 13.2. The Morgan fingerprint density at radius 1 is 1.11 bits per heavy atom. The summed E-state index contributed by atoms with van der Waals surface area (Å²) in [6, 6.07) is 17.0. The number of hydrogen-bond acceptors (Lipinski definition) is 4. The van der Waals surface area contributed by atoms with Gasteiger partial charge in [0.05, 0.1) is 0 Å². The highest BCUT2D eigenvalue weighted by Gasteiger charge is 2.16. The van der Waals surface area contributed by atoms with Crippen molar-refractivity contribution in [3.63, 3.8) is 0 Å². The van der Waals surface area contributed by atoms with E-state index in [0.29, 0.717) is 24.4 Å². The van der Waals surface area contributed by atoms with Gasteiger partial charge < -0.3 is 9.64 Å². The predicted octanol–water partition coefficient (Wildman–Crippen LogP) is 4.41. The van der Waals surface area contributed by atoms with E-state index in [1.807, 2.05) is 31.2 Å². The van der Waals surface area contributed by atoms with Gasteiger partial charge in [-0.2, -0.15) is 0 Å². The van der Waals surface area contributed by atoms with Gasteiger partial charge in [-0.1, -0.05) is 36.4 Å². The van der Waals surface area contributed by atoms with Gasteiger partial charge in [0.2, 0.25) is 0 Å². The van der Waals surface area contributed by atoms with Crippen molar-refractivity contribution in [2.45, 2.75) is 13.5 Å². The molecule has 27 heavy (non-hydrogen) atoms. The Labute approximate surface area is 159 Å². The molecular weight excluding hydrogens is 338 g/mol. The Hall–Kier alpha value is -3.47. The fourth-order valence-electron chi connectivity index (χ4n) is 2.69. The van der Waals surface area contributed by atoms with Crippen LogP contribution < -0.4 is 4.74 Å². The molecule has 0 spiro atoms. The van der Waals surface area contributed by atoms with E-state index < -0.39 is 0 Å². The molecule has 0 aliphatic heterocycles. The average Bonchev–Trinajstić information content (AvgIpc) is 2.70. The Morgan fingerprint density at radius 2 is 1.89 bits per heavy atom. The number of rotatable bonds is 7. The number of aryl methyl sites for hydroxylation is 1. The van der Waals surface area contributed by atoms with Gasteiger partial charge in [-0.15, -0.1) is 6.58 Å². The minimum absolute atomic E-state index is 0.0856. The first kappa shape index (κ1) is 18.3. The average molecular weight is 359 g/mol. The molecule has 3 aromatic rings. The summed E-state index contributed by atoms with van der Waals surface area (Å²) in [4.78, 5) is 22.9. The van der Waals surface area contributed by atoms with E-state index in [1.54, 1.807) is 53.7 Å². The zero-order chi connectivity index (χ0) is 19.1. The maximum absolute atomic E-state index is 13.0. The van der Waals surface area contributed by atoms with Crippen LogP contribution in [0.3, 0.4) is 0 Å². The lowest BCUT2D eigenvalue weighted by Crippen LogP contribution is -2.31. The summed E-state index contributed by atoms with van der Waals surface area (Å²) in [5.74, 6) is 0.430. The molecule has 0 aliphatic rings. The Bertz CT molecular complexity index is 926. The number of ether oxygens (including phenoxy) is 1. The summed E-state index contributed by atoms with van der Waals surface area (Å²) in [5.41, 5.74) is 2.80. The second-order valence-corrected chi connectivity index (χ2v) is 6.06. The van der Waals surface area contributed by atoms with Crippen molar-refractivity contribution in [3.8, 4) is 11.8 Å². The number of nitrogens with zero attached hydrogens (tertiary/aromatic N) is 3. The monoisotopic (exact) mass is 359 g/mol. The van der Waals surface area contributed by atoms with Crippen molar-refractivity contribution in [1.29, 1.82) is 0 Å². The Balaban J connectivity index is 1.80. The van der Waals surface area contributed by atoms with E-state index in [2.05, 4.69) is 16.5 Å². The SMILES string of the molecule is C=CCN(Cc1ccccc1C)C(=O)c1cccc(Oc2ncccn2)c1. The van der Waals surface area contributed by atoms with Crippen LogP contribution in [0, 0.1) is 6.92 Å². The summed E-state index contributed by atoms with van der Waals surface area (Å²) in [6.07, 6.45) is 4.94. The standard InChI is InChI=1S/C22H21N3O2/c1-3-14-25(16-19-9-5-4-8-17(19)2)21(26)18-10-6-11-20(15-18)27-22-23-12-7-13-24-22/h3-13,15H,1,14,16H2,2H3. The maximum Gasteiger partial charge on any atom is 0.321 e. The van der Waals surface area contributed by atoms with E-state index in [9.17, 15) is 4.79 Å². The van der Waals surface area contributed by atoms with Gasteiger partial charge in [0.1, 0.15) is 5.75 Å². The summed E-state index contributed by atoms with van der Waals surface area (Å²) < 4.78 is 5.63. The number of aromatic nitrogens is 2. The molecule has 0 radical (unpaired) electrons. The van der Waals surface area contributed by atoms with Gasteiger partial charge in [-0.3, -0.25) is 4.79 Å². The lowest BCUT2D eigenvalue weighted by Gasteiger charge is -2.22. The number of carbonyl (C=O) groups is 1. The summed E-state index contributed by atoms with van der Waals surface area (Å²) in [6.45, 7) is 6.80. The number of amides is 1. The van der Waals surface area contributed by atoms with Crippen LogP contribution in [-0.4, -0.2) is 27.3 Å². The largest absolute Gasteiger partial charge is 0.424 e. The molecule has 0 atom stereocenters. The zero-order valence-corrected chi connectivity index (χ0v) is 15.2. The quantitative estimate of drug-likeness (QED) is 0.587. The number of hydrogen-bond donors (Lipinski definition) is 0. The molecule has 0 N–H and O–H groups in total. The number of benzene rings is 2. The molecule has 0 saturated heterocycles. The lowest BCUT2D eigenvalue weighted by atomic mass is 10.1. The highest BCUT2D eigenvalue weighted by molar-refractivity contribution is 5.94. The van der Waals surface area contributed by atoms with Gasteiger partial charge in [-0.25, -0.2) is 9.97 Å². The predicted molar refractivity (Wildman–Crippen MR) is 105 cm³/mol. The van der Waals surface area contributed by atoms with E-state index in [-0.39, 0.29) is 11.9 Å². The highest BCUT2D eigenvalue weighted by atomic mass is 16.5. The fraction of sp³-hybridized carbons (Fsp3) is 0.136. The van der Waals surface area contributed by atoms with Crippen molar-refractivity contribution >= 4 is 5.91 Å². The third-order valence-corrected chi connectivity index (χ3v) is 4.09. The summed E-state index contributed by atoms with van der Waals surface area (Å²) in [5, 5.41) is 0. The molecule has 1 heterocycles. The maximum atomic E-state index is 13.0. The molecule has 2 aromatic carbocycles. The van der Waals surface area contributed by atoms with Gasteiger partial charge in [0.25, 0.3) is 5.91 Å². The molecule has 1 aromatic heterocycles. The van der Waals surface area contributed by atoms with Crippen molar-refractivity contribution < 1.29 is 9.53 Å². The molecule has 0 saturated carbocycles. The minimum Gasteiger partial charge on any atom is -0.424 e. The third-order valence-electron chi connectivity index (χ3n) is 4.09. The Kier molecular flexibility index (Phi) is 5.94. The van der Waals surface area contributed by atoms with Crippen LogP contribution in [0.25, 0.3) is 0 Å². The Morgan fingerprint density at radius 3 is 2.63 bits per heavy atom. The summed E-state index contributed by atoms with van der Waals surface area (Å²) >= 11 is 0. The van der Waals surface area contributed by atoms with Crippen molar-refractivity contribution in [3.05, 3.63) is 96.3 Å². The normalized spacial score (nSPS) is 10.3. The van der Waals surface area contributed by atoms with Crippen LogP contribution in [0.5, 0.6) is 11.8 Å². The van der Waals surface area contributed by atoms with Crippen LogP contribution in [0.15, 0.2) is 79.6 Å². The van der Waals surface area contributed by atoms with Crippen molar-refractivity contribution in [1.82, 2.24) is 14.9 Å². The van der Waals surface area contributed by atoms with Crippen LogP contribution in [0.1, 0.15) is 21.5 Å². The van der Waals surface area contributed by atoms with E-state index in [4.69, 9.17) is 4.74 Å². The molecule has 0 unspecified atom stereocenters. The molecule has 3 rings (SSSR count). The molecular formula is C22H21N3O2. The molecule has 0 aliphatic carbocycles. The topological polar surface area (TPSA) is 55.3 Å². The molecule has 136 valence electrons. The summed E-state index contributed by atoms with van der Waals surface area (Å²) in [7, 11) is 0. The first-order valence-corrected chi connectivity index (χ1v) is 8.67.